The highest BCUT2D eigenvalue weighted by Gasteiger charge is 2.31. The Morgan fingerprint density at radius 3 is 2.68 bits per heavy atom. The molecule has 25 heavy (non-hydrogen) atoms. The second kappa shape index (κ2) is 6.94. The summed E-state index contributed by atoms with van der Waals surface area (Å²) >= 11 is 0. The Hall–Kier alpha value is -2.86. The topological polar surface area (TPSA) is 87.7 Å². The Morgan fingerprint density at radius 2 is 1.92 bits per heavy atom. The highest BCUT2D eigenvalue weighted by atomic mass is 16.5. The summed E-state index contributed by atoms with van der Waals surface area (Å²) in [5.74, 6) is -0.457. The number of carbonyl (C=O) groups excluding carboxylic acids is 2. The van der Waals surface area contributed by atoms with Gasteiger partial charge in [0.1, 0.15) is 0 Å². The van der Waals surface area contributed by atoms with Crippen LogP contribution in [0.25, 0.3) is 0 Å². The molecule has 0 bridgehead atoms. The normalized spacial score (nSPS) is 18.4. The number of urea groups is 1. The minimum atomic E-state index is -0.661. The number of nitrogens with one attached hydrogen (secondary N) is 2. The maximum absolute atomic E-state index is 12.4. The van der Waals surface area contributed by atoms with E-state index in [1.165, 1.54) is 7.11 Å². The molecule has 2 amide bonds. The Balaban J connectivity index is 1.75. The second-order valence-electron chi connectivity index (χ2n) is 6.02. The number of fused-ring (bicyclic) bond motifs is 1. The Kier molecular flexibility index (Phi) is 4.72. The van der Waals surface area contributed by atoms with Crippen LogP contribution in [0.1, 0.15) is 33.1 Å². The summed E-state index contributed by atoms with van der Waals surface area (Å²) in [6, 6.07) is 11.8. The van der Waals surface area contributed by atoms with Gasteiger partial charge >= 0.3 is 12.0 Å². The van der Waals surface area contributed by atoms with E-state index < -0.39 is 24.1 Å². The Labute approximate surface area is 145 Å². The summed E-state index contributed by atoms with van der Waals surface area (Å²) in [7, 11) is 1.31. The van der Waals surface area contributed by atoms with Gasteiger partial charge in [-0.3, -0.25) is 0 Å². The zero-order valence-electron chi connectivity index (χ0n) is 14.1. The summed E-state index contributed by atoms with van der Waals surface area (Å²) in [5, 5.41) is 15.8. The van der Waals surface area contributed by atoms with Crippen LogP contribution in [-0.4, -0.2) is 30.3 Å². The molecule has 130 valence electrons. The predicted molar refractivity (Wildman–Crippen MR) is 93.6 cm³/mol. The van der Waals surface area contributed by atoms with Crippen LogP contribution >= 0.6 is 0 Å². The molecule has 6 heteroatoms. The quantitative estimate of drug-likeness (QED) is 0.750. The van der Waals surface area contributed by atoms with Gasteiger partial charge in [-0.2, -0.15) is 0 Å². The van der Waals surface area contributed by atoms with E-state index >= 15 is 0 Å². The standard InChI is InChI=1S/C19H20N2O4/c1-11-13(18(23)25-2)8-5-9-15(11)20-19(24)21-17-14-7-4-3-6-12(14)10-16(17)22/h3-9,16-17,22H,10H2,1-2H3,(H2,20,21,24)/t16-,17+/m1/s1. The third-order valence-electron chi connectivity index (χ3n) is 4.48. The van der Waals surface area contributed by atoms with Crippen molar-refractivity contribution in [2.45, 2.75) is 25.5 Å². The molecule has 3 rings (SSSR count). The number of esters is 1. The molecule has 2 aromatic rings. The lowest BCUT2D eigenvalue weighted by Crippen LogP contribution is -2.37. The van der Waals surface area contributed by atoms with Crippen LogP contribution in [0.2, 0.25) is 0 Å². The monoisotopic (exact) mass is 340 g/mol. The van der Waals surface area contributed by atoms with E-state index in [9.17, 15) is 14.7 Å². The molecular formula is C19H20N2O4. The smallest absolute Gasteiger partial charge is 0.338 e. The lowest BCUT2D eigenvalue weighted by Gasteiger charge is -2.19. The van der Waals surface area contributed by atoms with Crippen LogP contribution < -0.4 is 10.6 Å². The number of aliphatic hydroxyl groups excluding tert-OH is 1. The summed E-state index contributed by atoms with van der Waals surface area (Å²) in [6.45, 7) is 1.74. The molecular weight excluding hydrogens is 320 g/mol. The zero-order valence-corrected chi connectivity index (χ0v) is 14.1. The van der Waals surface area contributed by atoms with Gasteiger partial charge in [-0.15, -0.1) is 0 Å². The van der Waals surface area contributed by atoms with Crippen molar-refractivity contribution in [3.8, 4) is 0 Å². The maximum Gasteiger partial charge on any atom is 0.338 e. The van der Waals surface area contributed by atoms with Crippen molar-refractivity contribution in [2.75, 3.05) is 12.4 Å². The van der Waals surface area contributed by atoms with Crippen LogP contribution in [0, 0.1) is 6.92 Å². The second-order valence-corrected chi connectivity index (χ2v) is 6.02. The van der Waals surface area contributed by atoms with E-state index in [1.54, 1.807) is 25.1 Å². The number of methoxy groups -OCH3 is 1. The Bertz CT molecular complexity index is 819. The molecule has 0 aliphatic heterocycles. The van der Waals surface area contributed by atoms with Crippen molar-refractivity contribution in [3.63, 3.8) is 0 Å². The van der Waals surface area contributed by atoms with Crippen molar-refractivity contribution in [1.29, 1.82) is 0 Å². The lowest BCUT2D eigenvalue weighted by molar-refractivity contribution is 0.0600. The van der Waals surface area contributed by atoms with Gasteiger partial charge in [0.2, 0.25) is 0 Å². The first-order valence-electron chi connectivity index (χ1n) is 8.02. The van der Waals surface area contributed by atoms with Crippen LogP contribution in [0.3, 0.4) is 0 Å². The number of benzene rings is 2. The number of hydrogen-bond donors (Lipinski definition) is 3. The van der Waals surface area contributed by atoms with Crippen molar-refractivity contribution in [2.24, 2.45) is 0 Å². The fraction of sp³-hybridized carbons (Fsp3) is 0.263. The maximum atomic E-state index is 12.4. The summed E-state index contributed by atoms with van der Waals surface area (Å²) in [6.07, 6.45) is -0.150. The minimum absolute atomic E-state index is 0.395. The first-order valence-corrected chi connectivity index (χ1v) is 8.02. The van der Waals surface area contributed by atoms with Crippen molar-refractivity contribution < 1.29 is 19.4 Å². The van der Waals surface area contributed by atoms with E-state index in [0.29, 0.717) is 23.2 Å². The first kappa shape index (κ1) is 17.0. The fourth-order valence-electron chi connectivity index (χ4n) is 3.15. The molecule has 0 spiro atoms. The highest BCUT2D eigenvalue weighted by molar-refractivity contribution is 5.96. The van der Waals surface area contributed by atoms with Crippen LogP contribution in [0.5, 0.6) is 0 Å². The van der Waals surface area contributed by atoms with E-state index in [1.807, 2.05) is 24.3 Å². The number of rotatable bonds is 3. The molecule has 6 nitrogen and oxygen atoms in total. The van der Waals surface area contributed by atoms with Crippen LogP contribution in [0.15, 0.2) is 42.5 Å². The van der Waals surface area contributed by atoms with Gasteiger partial charge in [0.25, 0.3) is 0 Å². The van der Waals surface area contributed by atoms with Gasteiger partial charge in [0, 0.05) is 12.1 Å². The van der Waals surface area contributed by atoms with Gasteiger partial charge < -0.3 is 20.5 Å². The SMILES string of the molecule is COC(=O)c1cccc(NC(=O)N[C@H]2c3ccccc3C[C@H]2O)c1C. The van der Waals surface area contributed by atoms with E-state index in [0.717, 1.165) is 11.1 Å². The molecule has 0 saturated carbocycles. The number of anilines is 1. The summed E-state index contributed by atoms with van der Waals surface area (Å²) in [5.41, 5.74) is 3.49. The fourth-order valence-corrected chi connectivity index (χ4v) is 3.15. The van der Waals surface area contributed by atoms with Gasteiger partial charge in [0.05, 0.1) is 24.8 Å². The van der Waals surface area contributed by atoms with Crippen molar-refractivity contribution in [1.82, 2.24) is 5.32 Å². The first-order chi connectivity index (χ1) is 12.0. The molecule has 2 atom stereocenters. The largest absolute Gasteiger partial charge is 0.465 e. The summed E-state index contributed by atoms with van der Waals surface area (Å²) in [4.78, 5) is 24.1. The average Bonchev–Trinajstić information content (AvgIpc) is 2.92. The molecule has 1 aliphatic carbocycles. The van der Waals surface area contributed by atoms with E-state index in [2.05, 4.69) is 10.6 Å². The minimum Gasteiger partial charge on any atom is -0.465 e. The van der Waals surface area contributed by atoms with Crippen molar-refractivity contribution >= 4 is 17.7 Å². The zero-order chi connectivity index (χ0) is 18.0. The van der Waals surface area contributed by atoms with E-state index in [4.69, 9.17) is 4.74 Å². The third-order valence-corrected chi connectivity index (χ3v) is 4.48. The highest BCUT2D eigenvalue weighted by Crippen LogP contribution is 2.31. The van der Waals surface area contributed by atoms with Gasteiger partial charge in [0.15, 0.2) is 0 Å². The number of amides is 2. The van der Waals surface area contributed by atoms with E-state index in [-0.39, 0.29) is 0 Å². The van der Waals surface area contributed by atoms with Gasteiger partial charge in [-0.05, 0) is 35.7 Å². The molecule has 0 unspecified atom stereocenters. The summed E-state index contributed by atoms with van der Waals surface area (Å²) < 4.78 is 4.74. The van der Waals surface area contributed by atoms with Crippen LogP contribution in [-0.2, 0) is 11.2 Å². The number of hydrogen-bond acceptors (Lipinski definition) is 4. The molecule has 0 saturated heterocycles. The molecule has 0 aromatic heterocycles. The van der Waals surface area contributed by atoms with Gasteiger partial charge in [-0.25, -0.2) is 9.59 Å². The Morgan fingerprint density at radius 1 is 1.16 bits per heavy atom. The third kappa shape index (κ3) is 3.34. The van der Waals surface area contributed by atoms with Crippen LogP contribution in [0.4, 0.5) is 10.5 Å². The van der Waals surface area contributed by atoms with Gasteiger partial charge in [-0.1, -0.05) is 30.3 Å². The predicted octanol–water partition coefficient (Wildman–Crippen LogP) is 2.56. The number of carbonyl (C=O) groups is 2. The average molecular weight is 340 g/mol. The molecule has 0 fully saturated rings. The van der Waals surface area contributed by atoms with Crippen molar-refractivity contribution in [3.05, 3.63) is 64.7 Å². The lowest BCUT2D eigenvalue weighted by atomic mass is 10.1. The number of ether oxygens (including phenoxy) is 1. The molecule has 3 N–H and O–H groups in total. The molecule has 0 radical (unpaired) electrons. The molecule has 2 aromatic carbocycles. The number of aliphatic hydroxyl groups is 1. The molecule has 0 heterocycles. The molecule has 1 aliphatic rings.